The molecule has 3 nitrogen and oxygen atoms in total. The van der Waals surface area contributed by atoms with Crippen molar-refractivity contribution in [2.75, 3.05) is 13.1 Å². The first-order chi connectivity index (χ1) is 7.91. The number of hydrogen-bond acceptors (Lipinski definition) is 3. The van der Waals surface area contributed by atoms with Gasteiger partial charge in [0.25, 0.3) is 0 Å². The van der Waals surface area contributed by atoms with E-state index in [1.807, 2.05) is 0 Å². The van der Waals surface area contributed by atoms with Gasteiger partial charge in [0.15, 0.2) is 0 Å². The predicted molar refractivity (Wildman–Crippen MR) is 70.8 cm³/mol. The van der Waals surface area contributed by atoms with Gasteiger partial charge in [-0.05, 0) is 59.5 Å². The molecule has 2 aliphatic rings. The summed E-state index contributed by atoms with van der Waals surface area (Å²) in [4.78, 5) is 0. The van der Waals surface area contributed by atoms with Crippen molar-refractivity contribution in [1.82, 2.24) is 5.32 Å². The average Bonchev–Trinajstić information content (AvgIpc) is 2.46. The first-order valence-electron chi connectivity index (χ1n) is 6.65. The van der Waals surface area contributed by atoms with E-state index in [0.29, 0.717) is 5.92 Å². The maximum atomic E-state index is 5.93. The van der Waals surface area contributed by atoms with E-state index in [1.165, 1.54) is 12.8 Å². The van der Waals surface area contributed by atoms with Crippen LogP contribution in [0.2, 0.25) is 0 Å². The summed E-state index contributed by atoms with van der Waals surface area (Å²) in [5.74, 6) is 2.77. The highest BCUT2D eigenvalue weighted by Gasteiger charge is 2.50. The van der Waals surface area contributed by atoms with Gasteiger partial charge in [-0.25, -0.2) is 0 Å². The molecule has 4 heteroatoms. The Kier molecular flexibility index (Phi) is 3.67. The lowest BCUT2D eigenvalue weighted by molar-refractivity contribution is 0.00578. The predicted octanol–water partition coefficient (Wildman–Crippen LogP) is 2.17. The van der Waals surface area contributed by atoms with E-state index in [1.54, 1.807) is 0 Å². The quantitative estimate of drug-likeness (QED) is 0.746. The Balaban J connectivity index is 1.90. The molecule has 0 aliphatic carbocycles. The molecule has 96 valence electrons. The van der Waals surface area contributed by atoms with E-state index in [2.05, 4.69) is 45.1 Å². The van der Waals surface area contributed by atoms with Crippen LogP contribution in [0.5, 0.6) is 0 Å². The zero-order chi connectivity index (χ0) is 12.5. The standard InChI is InChI=1S/C13H24BNO2/c1-12(2)13(3,4)17-14(16-12)8-5-11-6-9-15-10-7-11/h5,8,11,15H,6-7,9-10H2,1-4H3/b8-5+. The Bertz CT molecular complexity index is 280. The number of nitrogens with one attached hydrogen (secondary N) is 1. The molecule has 0 unspecified atom stereocenters. The molecule has 2 rings (SSSR count). The Labute approximate surface area is 105 Å². The molecule has 0 aromatic rings. The van der Waals surface area contributed by atoms with Crippen LogP contribution < -0.4 is 5.32 Å². The molecule has 2 aliphatic heterocycles. The lowest BCUT2D eigenvalue weighted by atomic mass is 9.86. The third-order valence-electron chi connectivity index (χ3n) is 4.20. The minimum atomic E-state index is -0.226. The van der Waals surface area contributed by atoms with Crippen molar-refractivity contribution in [3.8, 4) is 0 Å². The van der Waals surface area contributed by atoms with Gasteiger partial charge in [-0.15, -0.1) is 0 Å². The summed E-state index contributed by atoms with van der Waals surface area (Å²) in [5, 5.41) is 3.37. The fraction of sp³-hybridized carbons (Fsp3) is 0.846. The topological polar surface area (TPSA) is 30.5 Å². The van der Waals surface area contributed by atoms with Crippen LogP contribution in [0.4, 0.5) is 0 Å². The monoisotopic (exact) mass is 237 g/mol. The van der Waals surface area contributed by atoms with Gasteiger partial charge in [-0.3, -0.25) is 0 Å². The van der Waals surface area contributed by atoms with E-state index in [9.17, 15) is 0 Å². The molecule has 2 fully saturated rings. The van der Waals surface area contributed by atoms with Crippen molar-refractivity contribution in [2.45, 2.75) is 51.7 Å². The van der Waals surface area contributed by atoms with Gasteiger partial charge in [0, 0.05) is 0 Å². The number of rotatable bonds is 2. The lowest BCUT2D eigenvalue weighted by Crippen LogP contribution is -2.41. The van der Waals surface area contributed by atoms with Gasteiger partial charge in [0.1, 0.15) is 0 Å². The Morgan fingerprint density at radius 2 is 1.59 bits per heavy atom. The highest BCUT2D eigenvalue weighted by molar-refractivity contribution is 6.51. The molecule has 0 radical (unpaired) electrons. The first kappa shape index (κ1) is 13.1. The molecule has 1 N–H and O–H groups in total. The minimum Gasteiger partial charge on any atom is -0.400 e. The summed E-state index contributed by atoms with van der Waals surface area (Å²) in [6, 6.07) is 0. The van der Waals surface area contributed by atoms with E-state index in [4.69, 9.17) is 9.31 Å². The van der Waals surface area contributed by atoms with Crippen molar-refractivity contribution in [3.05, 3.63) is 12.1 Å². The summed E-state index contributed by atoms with van der Waals surface area (Å²) < 4.78 is 11.9. The second-order valence-corrected chi connectivity index (χ2v) is 6.10. The largest absolute Gasteiger partial charge is 0.486 e. The van der Waals surface area contributed by atoms with E-state index in [0.717, 1.165) is 13.1 Å². The average molecular weight is 237 g/mol. The minimum absolute atomic E-state index is 0.185. The Morgan fingerprint density at radius 3 is 2.12 bits per heavy atom. The fourth-order valence-corrected chi connectivity index (χ4v) is 2.25. The van der Waals surface area contributed by atoms with Gasteiger partial charge in [0.05, 0.1) is 11.2 Å². The van der Waals surface area contributed by atoms with Gasteiger partial charge in [0.2, 0.25) is 0 Å². The van der Waals surface area contributed by atoms with Crippen LogP contribution in [0, 0.1) is 5.92 Å². The lowest BCUT2D eigenvalue weighted by Gasteiger charge is -2.32. The second kappa shape index (κ2) is 4.75. The Hall–Kier alpha value is -0.315. The molecular formula is C13H24BNO2. The molecule has 0 aromatic carbocycles. The molecule has 17 heavy (non-hydrogen) atoms. The molecule has 0 atom stereocenters. The third kappa shape index (κ3) is 2.93. The first-order valence-corrected chi connectivity index (χ1v) is 6.65. The van der Waals surface area contributed by atoms with Gasteiger partial charge in [-0.2, -0.15) is 0 Å². The SMILES string of the molecule is CC1(C)OB(/C=C/C2CCNCC2)OC1(C)C. The molecular weight excluding hydrogens is 213 g/mol. The highest BCUT2D eigenvalue weighted by Crippen LogP contribution is 2.37. The summed E-state index contributed by atoms with van der Waals surface area (Å²) in [7, 11) is -0.185. The van der Waals surface area contributed by atoms with Crippen molar-refractivity contribution in [1.29, 1.82) is 0 Å². The van der Waals surface area contributed by atoms with Gasteiger partial charge in [-0.1, -0.05) is 12.1 Å². The molecule has 2 heterocycles. The van der Waals surface area contributed by atoms with Crippen LogP contribution in [0.3, 0.4) is 0 Å². The van der Waals surface area contributed by atoms with Crippen LogP contribution in [0.1, 0.15) is 40.5 Å². The number of piperidine rings is 1. The van der Waals surface area contributed by atoms with Crippen molar-refractivity contribution < 1.29 is 9.31 Å². The van der Waals surface area contributed by atoms with Crippen molar-refractivity contribution >= 4 is 7.12 Å². The smallest absolute Gasteiger partial charge is 0.400 e. The van der Waals surface area contributed by atoms with Crippen molar-refractivity contribution in [3.63, 3.8) is 0 Å². The molecule has 0 saturated carbocycles. The van der Waals surface area contributed by atoms with Crippen LogP contribution in [0.15, 0.2) is 12.1 Å². The third-order valence-corrected chi connectivity index (χ3v) is 4.20. The second-order valence-electron chi connectivity index (χ2n) is 6.10. The summed E-state index contributed by atoms with van der Waals surface area (Å²) in [6.45, 7) is 10.6. The molecule has 0 bridgehead atoms. The molecule has 2 saturated heterocycles. The van der Waals surface area contributed by atoms with Gasteiger partial charge >= 0.3 is 7.12 Å². The summed E-state index contributed by atoms with van der Waals surface area (Å²) in [5.41, 5.74) is -0.452. The zero-order valence-corrected chi connectivity index (χ0v) is 11.5. The van der Waals surface area contributed by atoms with Gasteiger partial charge < -0.3 is 14.6 Å². The van der Waals surface area contributed by atoms with Crippen LogP contribution >= 0.6 is 0 Å². The molecule has 0 aromatic heterocycles. The van der Waals surface area contributed by atoms with Crippen LogP contribution in [0.25, 0.3) is 0 Å². The van der Waals surface area contributed by atoms with Crippen LogP contribution in [-0.2, 0) is 9.31 Å². The zero-order valence-electron chi connectivity index (χ0n) is 11.5. The maximum absolute atomic E-state index is 5.93. The highest BCUT2D eigenvalue weighted by atomic mass is 16.7. The fourth-order valence-electron chi connectivity index (χ4n) is 2.25. The van der Waals surface area contributed by atoms with Crippen molar-refractivity contribution in [2.24, 2.45) is 5.92 Å². The molecule has 0 amide bonds. The van der Waals surface area contributed by atoms with E-state index in [-0.39, 0.29) is 18.3 Å². The number of hydrogen-bond donors (Lipinski definition) is 1. The Morgan fingerprint density at radius 1 is 1.06 bits per heavy atom. The van der Waals surface area contributed by atoms with E-state index < -0.39 is 0 Å². The summed E-state index contributed by atoms with van der Waals surface area (Å²) >= 11 is 0. The van der Waals surface area contributed by atoms with Crippen LogP contribution in [-0.4, -0.2) is 31.4 Å². The maximum Gasteiger partial charge on any atom is 0.486 e. The molecule has 0 spiro atoms. The number of allylic oxidation sites excluding steroid dienone is 1. The van der Waals surface area contributed by atoms with E-state index >= 15 is 0 Å². The normalized spacial score (nSPS) is 29.1. The summed E-state index contributed by atoms with van der Waals surface area (Å²) in [6.07, 6.45) is 4.70.